The molecule has 0 radical (unpaired) electrons. The maximum absolute atomic E-state index is 13.7. The molecule has 1 aliphatic heterocycles. The predicted octanol–water partition coefficient (Wildman–Crippen LogP) is 3.25. The highest BCUT2D eigenvalue weighted by Crippen LogP contribution is 2.33. The Hall–Kier alpha value is -1.59. The molecule has 18 heavy (non-hydrogen) atoms. The van der Waals surface area contributed by atoms with Crippen molar-refractivity contribution in [3.05, 3.63) is 38.9 Å². The molecule has 0 N–H and O–H groups in total. The van der Waals surface area contributed by atoms with E-state index in [0.717, 1.165) is 0 Å². The van der Waals surface area contributed by atoms with Gasteiger partial charge in [-0.15, -0.1) is 0 Å². The third-order valence-corrected chi connectivity index (χ3v) is 3.46. The van der Waals surface area contributed by atoms with Crippen molar-refractivity contribution in [1.29, 1.82) is 0 Å². The first-order valence-electron chi connectivity index (χ1n) is 5.38. The van der Waals surface area contributed by atoms with Crippen molar-refractivity contribution in [1.82, 2.24) is 0 Å². The number of hydrogen-bond donors (Lipinski definition) is 0. The van der Waals surface area contributed by atoms with Crippen LogP contribution in [0.15, 0.2) is 27.8 Å². The van der Waals surface area contributed by atoms with E-state index in [1.807, 2.05) is 0 Å². The Morgan fingerprint density at radius 2 is 2.39 bits per heavy atom. The lowest BCUT2D eigenvalue weighted by Crippen LogP contribution is -2.26. The lowest BCUT2D eigenvalue weighted by molar-refractivity contribution is -0.117. The fourth-order valence-corrected chi connectivity index (χ4v) is 2.57. The second-order valence-corrected chi connectivity index (χ2v) is 4.91. The molecule has 1 unspecified atom stereocenters. The normalized spacial score (nSPS) is 18.9. The average Bonchev–Trinajstić information content (AvgIpc) is 2.68. The largest absolute Gasteiger partial charge is 0.308 e. The smallest absolute Gasteiger partial charge is 0.227 e. The molecule has 5 nitrogen and oxygen atoms in total. The van der Waals surface area contributed by atoms with E-state index in [4.69, 9.17) is 5.53 Å². The molecule has 1 aromatic carbocycles. The van der Waals surface area contributed by atoms with Crippen molar-refractivity contribution in [3.63, 3.8) is 0 Å². The molecule has 0 aliphatic carbocycles. The first kappa shape index (κ1) is 12.9. The van der Waals surface area contributed by atoms with Crippen molar-refractivity contribution < 1.29 is 9.18 Å². The molecule has 2 rings (SSSR count). The van der Waals surface area contributed by atoms with Crippen molar-refractivity contribution >= 4 is 27.5 Å². The molecule has 1 fully saturated rings. The van der Waals surface area contributed by atoms with E-state index in [-0.39, 0.29) is 30.5 Å². The Labute approximate surface area is 111 Å². The summed E-state index contributed by atoms with van der Waals surface area (Å²) < 4.78 is 14.3. The van der Waals surface area contributed by atoms with Gasteiger partial charge in [-0.2, -0.15) is 0 Å². The summed E-state index contributed by atoms with van der Waals surface area (Å²) in [5, 5.41) is 3.46. The van der Waals surface area contributed by atoms with Gasteiger partial charge in [0.05, 0.1) is 5.69 Å². The van der Waals surface area contributed by atoms with Gasteiger partial charge in [0.15, 0.2) is 0 Å². The topological polar surface area (TPSA) is 69.1 Å². The van der Waals surface area contributed by atoms with E-state index in [1.54, 1.807) is 12.1 Å². The number of para-hydroxylation sites is 1. The van der Waals surface area contributed by atoms with E-state index in [2.05, 4.69) is 26.0 Å². The summed E-state index contributed by atoms with van der Waals surface area (Å²) in [7, 11) is 0. The maximum Gasteiger partial charge on any atom is 0.227 e. The molecule has 1 aromatic rings. The van der Waals surface area contributed by atoms with Gasteiger partial charge in [-0.1, -0.05) is 11.2 Å². The summed E-state index contributed by atoms with van der Waals surface area (Å²) in [6.45, 7) is 0.627. The van der Waals surface area contributed by atoms with Gasteiger partial charge < -0.3 is 4.90 Å². The summed E-state index contributed by atoms with van der Waals surface area (Å²) in [6.07, 6.45) is 0.278. The van der Waals surface area contributed by atoms with Gasteiger partial charge in [-0.3, -0.25) is 4.79 Å². The van der Waals surface area contributed by atoms with Crippen LogP contribution in [0.3, 0.4) is 0 Å². The Balaban J connectivity index is 2.24. The third kappa shape index (κ3) is 2.47. The van der Waals surface area contributed by atoms with Crippen LogP contribution in [0.1, 0.15) is 6.42 Å². The Morgan fingerprint density at radius 3 is 3.06 bits per heavy atom. The average molecular weight is 313 g/mol. The van der Waals surface area contributed by atoms with Crippen LogP contribution in [-0.4, -0.2) is 19.0 Å². The number of anilines is 1. The minimum atomic E-state index is -0.442. The van der Waals surface area contributed by atoms with Crippen LogP contribution in [0.25, 0.3) is 10.4 Å². The van der Waals surface area contributed by atoms with E-state index in [9.17, 15) is 9.18 Å². The highest BCUT2D eigenvalue weighted by atomic mass is 79.9. The molecule has 7 heteroatoms. The van der Waals surface area contributed by atoms with Gasteiger partial charge in [0.25, 0.3) is 0 Å². The SMILES string of the molecule is [N-]=[N+]=NCC1CC(=O)N(c2c(F)cccc2Br)C1. The number of nitrogens with zero attached hydrogens (tertiary/aromatic N) is 4. The zero-order chi connectivity index (χ0) is 13.1. The van der Waals surface area contributed by atoms with E-state index < -0.39 is 5.82 Å². The Kier molecular flexibility index (Phi) is 3.84. The molecule has 1 heterocycles. The summed E-state index contributed by atoms with van der Waals surface area (Å²) in [6, 6.07) is 4.57. The van der Waals surface area contributed by atoms with Crippen LogP contribution >= 0.6 is 15.9 Å². The zero-order valence-electron chi connectivity index (χ0n) is 9.38. The molecule has 0 spiro atoms. The van der Waals surface area contributed by atoms with E-state index in [1.165, 1.54) is 11.0 Å². The zero-order valence-corrected chi connectivity index (χ0v) is 11.0. The molecular weight excluding hydrogens is 303 g/mol. The van der Waals surface area contributed by atoms with Crippen molar-refractivity contribution in [2.24, 2.45) is 11.0 Å². The van der Waals surface area contributed by atoms with E-state index in [0.29, 0.717) is 11.0 Å². The lowest BCUT2D eigenvalue weighted by atomic mass is 10.1. The molecule has 1 atom stereocenters. The van der Waals surface area contributed by atoms with Gasteiger partial charge in [-0.25, -0.2) is 4.39 Å². The van der Waals surface area contributed by atoms with Gasteiger partial charge in [0.1, 0.15) is 5.82 Å². The minimum Gasteiger partial charge on any atom is -0.308 e. The number of amides is 1. The second-order valence-electron chi connectivity index (χ2n) is 4.06. The van der Waals surface area contributed by atoms with Crippen molar-refractivity contribution in [3.8, 4) is 0 Å². The van der Waals surface area contributed by atoms with Gasteiger partial charge in [0, 0.05) is 28.9 Å². The highest BCUT2D eigenvalue weighted by molar-refractivity contribution is 9.10. The van der Waals surface area contributed by atoms with Crippen molar-refractivity contribution in [2.45, 2.75) is 6.42 Å². The number of carbonyl (C=O) groups excluding carboxylic acids is 1. The highest BCUT2D eigenvalue weighted by Gasteiger charge is 2.32. The number of hydrogen-bond acceptors (Lipinski definition) is 2. The first-order valence-corrected chi connectivity index (χ1v) is 6.18. The maximum atomic E-state index is 13.7. The molecule has 1 saturated heterocycles. The Morgan fingerprint density at radius 1 is 1.61 bits per heavy atom. The standard InChI is InChI=1S/C11H10BrFN4O/c12-8-2-1-3-9(13)11(8)17-6-7(4-10(17)18)5-15-16-14/h1-3,7H,4-6H2. The van der Waals surface area contributed by atoms with Crippen molar-refractivity contribution in [2.75, 3.05) is 18.0 Å². The molecule has 1 aliphatic rings. The van der Waals surface area contributed by atoms with Gasteiger partial charge in [-0.05, 0) is 39.5 Å². The second kappa shape index (κ2) is 5.37. The van der Waals surface area contributed by atoms with Gasteiger partial charge in [0.2, 0.25) is 5.91 Å². The summed E-state index contributed by atoms with van der Waals surface area (Å²) in [5.41, 5.74) is 8.51. The fraction of sp³-hybridized carbons (Fsp3) is 0.364. The van der Waals surface area contributed by atoms with Gasteiger partial charge >= 0.3 is 0 Å². The molecule has 0 saturated carbocycles. The molecule has 1 amide bonds. The number of benzene rings is 1. The molecule has 0 bridgehead atoms. The van der Waals surface area contributed by atoms with Crippen LogP contribution in [0.5, 0.6) is 0 Å². The lowest BCUT2D eigenvalue weighted by Gasteiger charge is -2.18. The summed E-state index contributed by atoms with van der Waals surface area (Å²) in [4.78, 5) is 15.9. The molecule has 94 valence electrons. The monoisotopic (exact) mass is 312 g/mol. The van der Waals surface area contributed by atoms with Crippen LogP contribution in [0.2, 0.25) is 0 Å². The molecular formula is C11H10BrFN4O. The quantitative estimate of drug-likeness (QED) is 0.480. The first-order chi connectivity index (χ1) is 8.63. The number of azide groups is 1. The van der Waals surface area contributed by atoms with Crippen LogP contribution in [-0.2, 0) is 4.79 Å². The molecule has 0 aromatic heterocycles. The Bertz CT molecular complexity index is 510. The van der Waals surface area contributed by atoms with Crippen LogP contribution in [0, 0.1) is 11.7 Å². The predicted molar refractivity (Wildman–Crippen MR) is 68.6 cm³/mol. The number of carbonyl (C=O) groups is 1. The third-order valence-electron chi connectivity index (χ3n) is 2.82. The fourth-order valence-electron chi connectivity index (χ4n) is 2.02. The van der Waals surface area contributed by atoms with Crippen LogP contribution < -0.4 is 4.90 Å². The minimum absolute atomic E-state index is 0.0556. The number of rotatable bonds is 3. The van der Waals surface area contributed by atoms with Crippen LogP contribution in [0.4, 0.5) is 10.1 Å². The summed E-state index contributed by atoms with van der Waals surface area (Å²) in [5.74, 6) is -0.652. The number of halogens is 2. The van der Waals surface area contributed by atoms with E-state index >= 15 is 0 Å². The summed E-state index contributed by atoms with van der Waals surface area (Å²) >= 11 is 3.24.